The lowest BCUT2D eigenvalue weighted by Crippen LogP contribution is -2.28. The smallest absolute Gasteiger partial charge is 0.109 e. The normalized spacial score (nSPS) is 19.6. The summed E-state index contributed by atoms with van der Waals surface area (Å²) >= 11 is 1.67. The van der Waals surface area contributed by atoms with Gasteiger partial charge in [-0.05, 0) is 20.3 Å². The van der Waals surface area contributed by atoms with Crippen LogP contribution in [0.2, 0.25) is 0 Å². The van der Waals surface area contributed by atoms with Gasteiger partial charge in [0.2, 0.25) is 0 Å². The zero-order valence-electron chi connectivity index (χ0n) is 9.94. The number of aromatic nitrogens is 1. The lowest BCUT2D eigenvalue weighted by Gasteiger charge is -2.24. The van der Waals surface area contributed by atoms with Crippen LogP contribution in [0.1, 0.15) is 37.0 Å². The second-order valence-electron chi connectivity index (χ2n) is 4.50. The maximum absolute atomic E-state index is 5.80. The van der Waals surface area contributed by atoms with Crippen molar-refractivity contribution in [3.63, 3.8) is 0 Å². The first-order chi connectivity index (χ1) is 7.65. The number of rotatable bonds is 3. The Bertz CT molecular complexity index is 381. The Morgan fingerprint density at radius 1 is 1.62 bits per heavy atom. The fourth-order valence-corrected chi connectivity index (χ4v) is 2.56. The molecule has 3 nitrogen and oxygen atoms in total. The lowest BCUT2D eigenvalue weighted by molar-refractivity contribution is 0.283. The quantitative estimate of drug-likeness (QED) is 0.820. The maximum atomic E-state index is 5.80. The van der Waals surface area contributed by atoms with E-state index in [0.717, 1.165) is 30.3 Å². The Balaban J connectivity index is 1.94. The molecule has 0 aromatic carbocycles. The fraction of sp³-hybridized carbons (Fsp3) is 0.583. The van der Waals surface area contributed by atoms with Crippen LogP contribution in [0.3, 0.4) is 0 Å². The molecular formula is C12H19N3S. The first kappa shape index (κ1) is 11.8. The van der Waals surface area contributed by atoms with Crippen molar-refractivity contribution in [2.75, 3.05) is 13.1 Å². The van der Waals surface area contributed by atoms with Crippen molar-refractivity contribution in [1.29, 1.82) is 0 Å². The third-order valence-corrected chi connectivity index (χ3v) is 3.96. The first-order valence-corrected chi connectivity index (χ1v) is 6.61. The van der Waals surface area contributed by atoms with Crippen LogP contribution in [0.5, 0.6) is 0 Å². The molecule has 1 aromatic heterocycles. The molecule has 1 unspecified atom stereocenters. The molecular weight excluding hydrogens is 218 g/mol. The van der Waals surface area contributed by atoms with Gasteiger partial charge in [-0.25, -0.2) is 4.98 Å². The van der Waals surface area contributed by atoms with Crippen LogP contribution >= 0.6 is 11.3 Å². The van der Waals surface area contributed by atoms with Gasteiger partial charge in [-0.1, -0.05) is 11.6 Å². The summed E-state index contributed by atoms with van der Waals surface area (Å²) in [4.78, 5) is 6.98. The molecule has 2 heterocycles. The molecule has 2 N–H and O–H groups in total. The van der Waals surface area contributed by atoms with Crippen LogP contribution in [0, 0.1) is 0 Å². The first-order valence-electron chi connectivity index (χ1n) is 5.73. The molecule has 2 rings (SSSR count). The predicted octanol–water partition coefficient (Wildman–Crippen LogP) is 2.31. The van der Waals surface area contributed by atoms with Crippen molar-refractivity contribution in [1.82, 2.24) is 9.88 Å². The van der Waals surface area contributed by atoms with Gasteiger partial charge < -0.3 is 5.73 Å². The monoisotopic (exact) mass is 237 g/mol. The Morgan fingerprint density at radius 3 is 3.00 bits per heavy atom. The molecule has 0 saturated carbocycles. The van der Waals surface area contributed by atoms with Crippen LogP contribution in [0.25, 0.3) is 0 Å². The topological polar surface area (TPSA) is 42.1 Å². The third kappa shape index (κ3) is 2.90. The van der Waals surface area contributed by atoms with Crippen molar-refractivity contribution in [2.45, 2.75) is 32.9 Å². The Labute approximate surface area is 101 Å². The second kappa shape index (κ2) is 5.08. The molecule has 0 fully saturated rings. The minimum absolute atomic E-state index is 0.0576. The molecule has 0 aliphatic carbocycles. The van der Waals surface area contributed by atoms with E-state index in [-0.39, 0.29) is 6.04 Å². The summed E-state index contributed by atoms with van der Waals surface area (Å²) in [6, 6.07) is 0.0576. The molecule has 0 amide bonds. The zero-order valence-corrected chi connectivity index (χ0v) is 10.8. The molecule has 0 bridgehead atoms. The molecule has 0 saturated heterocycles. The summed E-state index contributed by atoms with van der Waals surface area (Å²) < 4.78 is 0. The van der Waals surface area contributed by atoms with E-state index in [1.165, 1.54) is 12.0 Å². The molecule has 88 valence electrons. The Hall–Kier alpha value is -0.710. The zero-order chi connectivity index (χ0) is 11.5. The molecule has 0 radical (unpaired) electrons. The highest BCUT2D eigenvalue weighted by Crippen LogP contribution is 2.18. The predicted molar refractivity (Wildman–Crippen MR) is 68.4 cm³/mol. The standard InChI is InChI=1S/C12H19N3S/c1-9-3-5-15(6-4-9)7-11-8-16-12(14-11)10(2)13/h3,8,10H,4-7,13H2,1-2H3. The molecule has 4 heteroatoms. The summed E-state index contributed by atoms with van der Waals surface area (Å²) in [5.74, 6) is 0. The van der Waals surface area contributed by atoms with Crippen LogP contribution in [0.4, 0.5) is 0 Å². The van der Waals surface area contributed by atoms with Crippen molar-refractivity contribution < 1.29 is 0 Å². The van der Waals surface area contributed by atoms with Gasteiger partial charge in [-0.2, -0.15) is 0 Å². The molecule has 0 spiro atoms. The van der Waals surface area contributed by atoms with Gasteiger partial charge in [-0.15, -0.1) is 11.3 Å². The van der Waals surface area contributed by atoms with Crippen LogP contribution in [-0.4, -0.2) is 23.0 Å². The van der Waals surface area contributed by atoms with Crippen LogP contribution < -0.4 is 5.73 Å². The van der Waals surface area contributed by atoms with E-state index in [1.54, 1.807) is 11.3 Å². The highest BCUT2D eigenvalue weighted by atomic mass is 32.1. The summed E-state index contributed by atoms with van der Waals surface area (Å²) in [6.07, 6.45) is 3.49. The number of hydrogen-bond acceptors (Lipinski definition) is 4. The Kier molecular flexibility index (Phi) is 3.74. The summed E-state index contributed by atoms with van der Waals surface area (Å²) in [7, 11) is 0. The number of nitrogens with zero attached hydrogens (tertiary/aromatic N) is 2. The van der Waals surface area contributed by atoms with E-state index in [9.17, 15) is 0 Å². The SMILES string of the molecule is CC1=CCN(Cc2csc(C(C)N)n2)CC1. The lowest BCUT2D eigenvalue weighted by atomic mass is 10.1. The molecule has 16 heavy (non-hydrogen) atoms. The van der Waals surface area contributed by atoms with Gasteiger partial charge >= 0.3 is 0 Å². The van der Waals surface area contributed by atoms with Crippen LogP contribution in [0.15, 0.2) is 17.0 Å². The molecule has 1 atom stereocenters. The van der Waals surface area contributed by atoms with E-state index in [4.69, 9.17) is 5.73 Å². The van der Waals surface area contributed by atoms with Crippen LogP contribution in [-0.2, 0) is 6.54 Å². The average Bonchev–Trinajstić information content (AvgIpc) is 2.70. The number of hydrogen-bond donors (Lipinski definition) is 1. The van der Waals surface area contributed by atoms with Gasteiger partial charge in [-0.3, -0.25) is 4.90 Å². The van der Waals surface area contributed by atoms with E-state index in [1.807, 2.05) is 6.92 Å². The van der Waals surface area contributed by atoms with Gasteiger partial charge in [0.25, 0.3) is 0 Å². The summed E-state index contributed by atoms with van der Waals surface area (Å²) in [5.41, 5.74) is 8.47. The third-order valence-electron chi connectivity index (χ3n) is 2.86. The molecule has 1 aromatic rings. The maximum Gasteiger partial charge on any atom is 0.109 e. The molecule has 1 aliphatic rings. The van der Waals surface area contributed by atoms with Crippen molar-refractivity contribution in [2.24, 2.45) is 5.73 Å². The minimum Gasteiger partial charge on any atom is -0.322 e. The van der Waals surface area contributed by atoms with E-state index in [2.05, 4.69) is 28.3 Å². The van der Waals surface area contributed by atoms with Crippen molar-refractivity contribution in [3.8, 4) is 0 Å². The van der Waals surface area contributed by atoms with Gasteiger partial charge in [0.1, 0.15) is 5.01 Å². The van der Waals surface area contributed by atoms with E-state index < -0.39 is 0 Å². The van der Waals surface area contributed by atoms with Crippen molar-refractivity contribution in [3.05, 3.63) is 27.7 Å². The van der Waals surface area contributed by atoms with Gasteiger partial charge in [0, 0.05) is 25.0 Å². The van der Waals surface area contributed by atoms with E-state index >= 15 is 0 Å². The highest BCUT2D eigenvalue weighted by molar-refractivity contribution is 7.09. The van der Waals surface area contributed by atoms with Crippen molar-refractivity contribution >= 4 is 11.3 Å². The Morgan fingerprint density at radius 2 is 2.44 bits per heavy atom. The minimum atomic E-state index is 0.0576. The van der Waals surface area contributed by atoms with Gasteiger partial charge in [0.05, 0.1) is 11.7 Å². The number of nitrogens with two attached hydrogens (primary N) is 1. The highest BCUT2D eigenvalue weighted by Gasteiger charge is 2.12. The number of thiazole rings is 1. The summed E-state index contributed by atoms with van der Waals surface area (Å²) in [5, 5.41) is 3.17. The largest absolute Gasteiger partial charge is 0.322 e. The summed E-state index contributed by atoms with van der Waals surface area (Å²) in [6.45, 7) is 7.33. The molecule has 1 aliphatic heterocycles. The van der Waals surface area contributed by atoms with E-state index in [0.29, 0.717) is 0 Å². The second-order valence-corrected chi connectivity index (χ2v) is 5.39. The average molecular weight is 237 g/mol. The van der Waals surface area contributed by atoms with Gasteiger partial charge in [0.15, 0.2) is 0 Å². The fourth-order valence-electron chi connectivity index (χ4n) is 1.79.